The number of halogens is 4. The van der Waals surface area contributed by atoms with E-state index in [1.54, 1.807) is 0 Å². The summed E-state index contributed by atoms with van der Waals surface area (Å²) < 4.78 is 56.0. The molecule has 0 fully saturated rings. The van der Waals surface area contributed by atoms with E-state index in [0.717, 1.165) is 22.8 Å². The molecule has 0 aliphatic heterocycles. The normalized spacial score (nSPS) is 11.1. The fourth-order valence-corrected chi connectivity index (χ4v) is 1.92. The molecule has 10 heteroatoms. The Hall–Kier alpha value is -2.65. The van der Waals surface area contributed by atoms with Crippen LogP contribution in [-0.4, -0.2) is 34.2 Å². The molecule has 0 bridgehead atoms. The molecule has 0 saturated carbocycles. The molecule has 0 atom stereocenters. The summed E-state index contributed by atoms with van der Waals surface area (Å²) in [7, 11) is 0. The van der Waals surface area contributed by atoms with Crippen LogP contribution in [0.4, 0.5) is 17.6 Å². The van der Waals surface area contributed by atoms with E-state index in [1.807, 2.05) is 0 Å². The van der Waals surface area contributed by atoms with Gasteiger partial charge in [0.15, 0.2) is 0 Å². The monoisotopic (exact) mass is 318 g/mol. The van der Waals surface area contributed by atoms with Gasteiger partial charge in [-0.1, -0.05) is 0 Å². The van der Waals surface area contributed by atoms with Crippen molar-refractivity contribution in [3.63, 3.8) is 0 Å². The second-order valence-electron chi connectivity index (χ2n) is 4.16. The van der Waals surface area contributed by atoms with Crippen LogP contribution in [0.5, 0.6) is 0 Å². The van der Waals surface area contributed by atoms with Crippen LogP contribution in [0.2, 0.25) is 0 Å². The Kier molecular flexibility index (Phi) is 4.29. The van der Waals surface area contributed by atoms with Crippen LogP contribution in [-0.2, 0) is 11.3 Å². The summed E-state index contributed by atoms with van der Waals surface area (Å²) >= 11 is 0. The van der Waals surface area contributed by atoms with E-state index in [9.17, 15) is 22.4 Å². The van der Waals surface area contributed by atoms with Gasteiger partial charge < -0.3 is 4.74 Å². The predicted octanol–water partition coefficient (Wildman–Crippen LogP) is 1.95. The molecule has 0 saturated heterocycles. The Morgan fingerprint density at radius 2 is 1.95 bits per heavy atom. The summed E-state index contributed by atoms with van der Waals surface area (Å²) in [5.41, 5.74) is -0.989. The lowest BCUT2D eigenvalue weighted by Gasteiger charge is -2.07. The molecule has 0 spiro atoms. The minimum absolute atomic E-state index is 0.0143. The number of fused-ring (bicyclic) bond motifs is 1. The lowest BCUT2D eigenvalue weighted by Crippen LogP contribution is -2.33. The van der Waals surface area contributed by atoms with Crippen molar-refractivity contribution in [2.45, 2.75) is 13.0 Å². The largest absolute Gasteiger partial charge is 0.405 e. The molecule has 0 aliphatic rings. The van der Waals surface area contributed by atoms with Crippen LogP contribution in [0.1, 0.15) is 0 Å². The van der Waals surface area contributed by atoms with Gasteiger partial charge in [-0.05, 0) is 18.2 Å². The number of aromatic nitrogens is 2. The Balaban J connectivity index is 2.58. The van der Waals surface area contributed by atoms with Crippen molar-refractivity contribution in [1.82, 2.24) is 9.13 Å². The summed E-state index contributed by atoms with van der Waals surface area (Å²) in [6, 6.07) is 2.02. The number of hydrogen-bond donors (Lipinski definition) is 2. The van der Waals surface area contributed by atoms with E-state index < -0.39 is 43.1 Å². The van der Waals surface area contributed by atoms with Gasteiger partial charge in [-0.3, -0.25) is 15.4 Å². The highest BCUT2D eigenvalue weighted by atomic mass is 19.3. The summed E-state index contributed by atoms with van der Waals surface area (Å²) in [5.74, 6) is -2.20. The molecular formula is C12H10F4N4O2. The van der Waals surface area contributed by atoms with Gasteiger partial charge in [0.1, 0.15) is 12.5 Å². The maximum atomic E-state index is 13.3. The second kappa shape index (κ2) is 6.00. The molecule has 0 unspecified atom stereocenters. The lowest BCUT2D eigenvalue weighted by molar-refractivity contribution is 0.196. The SMILES string of the molecule is N=C(OC(=N)n1c(=O)n(CCF)c2cc(F)ccc21)C(F)F. The topological polar surface area (TPSA) is 83.9 Å². The third kappa shape index (κ3) is 2.71. The average molecular weight is 318 g/mol. The van der Waals surface area contributed by atoms with Crippen molar-refractivity contribution in [1.29, 1.82) is 10.8 Å². The predicted molar refractivity (Wildman–Crippen MR) is 70.1 cm³/mol. The fourth-order valence-electron chi connectivity index (χ4n) is 1.92. The number of nitrogens with zero attached hydrogens (tertiary/aromatic N) is 2. The molecule has 1 heterocycles. The Morgan fingerprint density at radius 3 is 2.55 bits per heavy atom. The van der Waals surface area contributed by atoms with Crippen molar-refractivity contribution in [2.24, 2.45) is 0 Å². The van der Waals surface area contributed by atoms with Gasteiger partial charge in [-0.2, -0.15) is 8.78 Å². The first-order valence-electron chi connectivity index (χ1n) is 5.97. The number of nitrogens with one attached hydrogen (secondary N) is 2. The van der Waals surface area contributed by atoms with E-state index >= 15 is 0 Å². The molecular weight excluding hydrogens is 308 g/mol. The number of rotatable bonds is 3. The van der Waals surface area contributed by atoms with Gasteiger partial charge in [-0.25, -0.2) is 18.1 Å². The zero-order valence-corrected chi connectivity index (χ0v) is 10.9. The zero-order valence-electron chi connectivity index (χ0n) is 10.9. The van der Waals surface area contributed by atoms with Crippen LogP contribution < -0.4 is 5.69 Å². The summed E-state index contributed by atoms with van der Waals surface area (Å²) in [6.07, 6.45) is -3.26. The molecule has 2 rings (SSSR count). The highest BCUT2D eigenvalue weighted by Crippen LogP contribution is 2.15. The standard InChI is InChI=1S/C12H10F4N4O2/c13-3-4-19-8-5-6(14)1-2-7(8)20(12(19)21)11(18)22-10(17)9(15)16/h1-2,5,9,17-18H,3-4H2. The molecule has 2 N–H and O–H groups in total. The Labute approximate surface area is 120 Å². The highest BCUT2D eigenvalue weighted by molar-refractivity contribution is 5.94. The zero-order chi connectivity index (χ0) is 16.4. The summed E-state index contributed by atoms with van der Waals surface area (Å²) in [6.45, 7) is -1.32. The molecule has 0 radical (unpaired) electrons. The van der Waals surface area contributed by atoms with Crippen molar-refractivity contribution >= 4 is 23.0 Å². The van der Waals surface area contributed by atoms with Crippen LogP contribution in [0, 0.1) is 16.6 Å². The first-order valence-corrected chi connectivity index (χ1v) is 5.97. The molecule has 1 aromatic heterocycles. The van der Waals surface area contributed by atoms with E-state index in [0.29, 0.717) is 4.57 Å². The van der Waals surface area contributed by atoms with Crippen molar-refractivity contribution < 1.29 is 22.3 Å². The van der Waals surface area contributed by atoms with Crippen molar-refractivity contribution in [2.75, 3.05) is 6.67 Å². The van der Waals surface area contributed by atoms with E-state index in [2.05, 4.69) is 4.74 Å². The van der Waals surface area contributed by atoms with Gasteiger partial charge >= 0.3 is 18.1 Å². The van der Waals surface area contributed by atoms with Gasteiger partial charge in [0.05, 0.1) is 17.6 Å². The number of ether oxygens (including phenoxy) is 1. The van der Waals surface area contributed by atoms with Crippen LogP contribution in [0.15, 0.2) is 23.0 Å². The second-order valence-corrected chi connectivity index (χ2v) is 4.16. The molecule has 2 aromatic rings. The van der Waals surface area contributed by atoms with Crippen LogP contribution in [0.3, 0.4) is 0 Å². The molecule has 22 heavy (non-hydrogen) atoms. The quantitative estimate of drug-likeness (QED) is 0.515. The van der Waals surface area contributed by atoms with Gasteiger partial charge in [-0.15, -0.1) is 0 Å². The fraction of sp³-hybridized carbons (Fsp3) is 0.250. The first kappa shape index (κ1) is 15.7. The summed E-state index contributed by atoms with van der Waals surface area (Å²) in [4.78, 5) is 12.1. The molecule has 0 amide bonds. The molecule has 6 nitrogen and oxygen atoms in total. The number of hydrogen-bond acceptors (Lipinski definition) is 4. The highest BCUT2D eigenvalue weighted by Gasteiger charge is 2.21. The van der Waals surface area contributed by atoms with E-state index in [-0.39, 0.29) is 11.0 Å². The van der Waals surface area contributed by atoms with E-state index in [4.69, 9.17) is 10.8 Å². The maximum absolute atomic E-state index is 13.3. The number of imidazole rings is 1. The third-order valence-electron chi connectivity index (χ3n) is 2.81. The third-order valence-corrected chi connectivity index (χ3v) is 2.81. The number of benzene rings is 1. The minimum atomic E-state index is -3.26. The first-order chi connectivity index (χ1) is 10.4. The number of alkyl halides is 3. The van der Waals surface area contributed by atoms with Gasteiger partial charge in [0, 0.05) is 0 Å². The van der Waals surface area contributed by atoms with E-state index in [1.165, 1.54) is 0 Å². The smallest absolute Gasteiger partial charge is 0.337 e. The average Bonchev–Trinajstić information content (AvgIpc) is 2.71. The van der Waals surface area contributed by atoms with Crippen molar-refractivity contribution in [3.8, 4) is 0 Å². The van der Waals surface area contributed by atoms with Crippen molar-refractivity contribution in [3.05, 3.63) is 34.5 Å². The molecule has 0 aliphatic carbocycles. The summed E-state index contributed by atoms with van der Waals surface area (Å²) in [5, 5.41) is 14.4. The Morgan fingerprint density at radius 1 is 1.27 bits per heavy atom. The van der Waals surface area contributed by atoms with Crippen LogP contribution >= 0.6 is 0 Å². The Bertz CT molecular complexity index is 796. The van der Waals surface area contributed by atoms with Gasteiger partial charge in [0.25, 0.3) is 5.90 Å². The minimum Gasteiger partial charge on any atom is -0.405 e. The molecule has 1 aromatic carbocycles. The lowest BCUT2D eigenvalue weighted by atomic mass is 10.3. The number of aryl methyl sites for hydroxylation is 1. The molecule has 118 valence electrons. The van der Waals surface area contributed by atoms with Crippen LogP contribution in [0.25, 0.3) is 11.0 Å². The maximum Gasteiger partial charge on any atom is 0.337 e. The van der Waals surface area contributed by atoms with Gasteiger partial charge in [0.2, 0.25) is 0 Å².